The van der Waals surface area contributed by atoms with E-state index in [2.05, 4.69) is 10.1 Å². The Bertz CT molecular complexity index is 317. The molecule has 0 aliphatic rings. The molecule has 1 N–H and O–H groups in total. The zero-order chi connectivity index (χ0) is 7.72. The molecule has 0 amide bonds. The molecular formula is C5H7N3O2. The van der Waals surface area contributed by atoms with Crippen molar-refractivity contribution >= 4 is 0 Å². The molecule has 0 saturated carbocycles. The van der Waals surface area contributed by atoms with Gasteiger partial charge in [0.1, 0.15) is 5.69 Å². The summed E-state index contributed by atoms with van der Waals surface area (Å²) in [7, 11) is 1.48. The van der Waals surface area contributed by atoms with Crippen LogP contribution in [0.25, 0.3) is 0 Å². The molecule has 1 heterocycles. The first-order valence-electron chi connectivity index (χ1n) is 2.75. The van der Waals surface area contributed by atoms with Crippen LogP contribution >= 0.6 is 0 Å². The summed E-state index contributed by atoms with van der Waals surface area (Å²) < 4.78 is 1.08. The average Bonchev–Trinajstić information content (AvgIpc) is 1.84. The van der Waals surface area contributed by atoms with Gasteiger partial charge in [0.05, 0.1) is 0 Å². The lowest BCUT2D eigenvalue weighted by atomic mass is 10.5. The topological polar surface area (TPSA) is 67.8 Å². The minimum atomic E-state index is -0.490. The van der Waals surface area contributed by atoms with Gasteiger partial charge in [0.2, 0.25) is 0 Å². The van der Waals surface area contributed by atoms with Crippen LogP contribution in [0.15, 0.2) is 9.59 Å². The first-order chi connectivity index (χ1) is 4.61. The molecule has 0 aromatic carbocycles. The van der Waals surface area contributed by atoms with Crippen LogP contribution in [0, 0.1) is 6.92 Å². The van der Waals surface area contributed by atoms with E-state index in [9.17, 15) is 9.59 Å². The molecule has 10 heavy (non-hydrogen) atoms. The molecule has 0 saturated heterocycles. The first-order valence-corrected chi connectivity index (χ1v) is 2.75. The van der Waals surface area contributed by atoms with Crippen molar-refractivity contribution in [2.24, 2.45) is 7.05 Å². The molecule has 0 radical (unpaired) electrons. The Balaban J connectivity index is 3.59. The summed E-state index contributed by atoms with van der Waals surface area (Å²) in [5, 5.41) is 3.63. The summed E-state index contributed by atoms with van der Waals surface area (Å²) in [5.74, 6) is 0. The van der Waals surface area contributed by atoms with E-state index in [-0.39, 0.29) is 0 Å². The van der Waals surface area contributed by atoms with Gasteiger partial charge in [-0.3, -0.25) is 9.78 Å². The van der Waals surface area contributed by atoms with Gasteiger partial charge >= 0.3 is 5.69 Å². The van der Waals surface area contributed by atoms with E-state index in [0.29, 0.717) is 5.69 Å². The standard InChI is InChI=1S/C5H7N3O2/c1-3-4(9)6-5(10)8(2)7-3/h1-2H3,(H,6,9,10). The highest BCUT2D eigenvalue weighted by atomic mass is 16.2. The Morgan fingerprint density at radius 3 is 2.60 bits per heavy atom. The van der Waals surface area contributed by atoms with Crippen molar-refractivity contribution in [3.05, 3.63) is 26.5 Å². The molecule has 5 nitrogen and oxygen atoms in total. The fourth-order valence-electron chi connectivity index (χ4n) is 0.584. The van der Waals surface area contributed by atoms with Crippen molar-refractivity contribution in [1.29, 1.82) is 0 Å². The zero-order valence-corrected chi connectivity index (χ0v) is 5.71. The molecule has 0 fully saturated rings. The smallest absolute Gasteiger partial charge is 0.271 e. The van der Waals surface area contributed by atoms with Crippen molar-refractivity contribution in [3.8, 4) is 0 Å². The van der Waals surface area contributed by atoms with Gasteiger partial charge in [-0.25, -0.2) is 9.48 Å². The van der Waals surface area contributed by atoms with Crippen LogP contribution < -0.4 is 11.2 Å². The summed E-state index contributed by atoms with van der Waals surface area (Å²) in [4.78, 5) is 23.4. The van der Waals surface area contributed by atoms with E-state index in [0.717, 1.165) is 4.68 Å². The Hall–Kier alpha value is -1.39. The van der Waals surface area contributed by atoms with E-state index < -0.39 is 11.2 Å². The second kappa shape index (κ2) is 2.09. The Morgan fingerprint density at radius 1 is 1.50 bits per heavy atom. The highest BCUT2D eigenvalue weighted by molar-refractivity contribution is 4.87. The molecule has 1 rings (SSSR count). The Morgan fingerprint density at radius 2 is 2.10 bits per heavy atom. The van der Waals surface area contributed by atoms with E-state index in [1.165, 1.54) is 14.0 Å². The van der Waals surface area contributed by atoms with Crippen LogP contribution in [-0.4, -0.2) is 14.8 Å². The number of aromatic amines is 1. The quantitative estimate of drug-likeness (QED) is 0.492. The van der Waals surface area contributed by atoms with Gasteiger partial charge in [-0.05, 0) is 6.92 Å². The fraction of sp³-hybridized carbons (Fsp3) is 0.400. The third kappa shape index (κ3) is 0.975. The predicted octanol–water partition coefficient (Wildman–Crippen LogP) is -1.22. The summed E-state index contributed by atoms with van der Waals surface area (Å²) in [6.45, 7) is 1.54. The summed E-state index contributed by atoms with van der Waals surface area (Å²) in [6, 6.07) is 0. The van der Waals surface area contributed by atoms with Crippen molar-refractivity contribution in [3.63, 3.8) is 0 Å². The van der Waals surface area contributed by atoms with Crippen molar-refractivity contribution in [1.82, 2.24) is 14.8 Å². The number of nitrogens with zero attached hydrogens (tertiary/aromatic N) is 2. The van der Waals surface area contributed by atoms with Crippen LogP contribution in [0.3, 0.4) is 0 Å². The highest BCUT2D eigenvalue weighted by Gasteiger charge is 1.95. The van der Waals surface area contributed by atoms with E-state index in [1.54, 1.807) is 0 Å². The van der Waals surface area contributed by atoms with Crippen molar-refractivity contribution < 1.29 is 0 Å². The number of aryl methyl sites for hydroxylation is 2. The third-order valence-electron chi connectivity index (χ3n) is 1.14. The summed E-state index contributed by atoms with van der Waals surface area (Å²) in [6.07, 6.45) is 0. The number of hydrogen-bond donors (Lipinski definition) is 1. The van der Waals surface area contributed by atoms with Crippen LogP contribution in [-0.2, 0) is 7.05 Å². The lowest BCUT2D eigenvalue weighted by Crippen LogP contribution is -2.31. The van der Waals surface area contributed by atoms with Crippen LogP contribution in [0.1, 0.15) is 5.69 Å². The van der Waals surface area contributed by atoms with Crippen LogP contribution in [0.4, 0.5) is 0 Å². The zero-order valence-electron chi connectivity index (χ0n) is 5.71. The van der Waals surface area contributed by atoms with Gasteiger partial charge in [-0.1, -0.05) is 0 Å². The molecule has 0 bridgehead atoms. The normalized spacial score (nSPS) is 9.80. The lowest BCUT2D eigenvalue weighted by Gasteiger charge is -1.93. The van der Waals surface area contributed by atoms with Gasteiger partial charge in [0, 0.05) is 7.05 Å². The lowest BCUT2D eigenvalue weighted by molar-refractivity contribution is 0.650. The number of hydrogen-bond acceptors (Lipinski definition) is 3. The molecule has 0 unspecified atom stereocenters. The van der Waals surface area contributed by atoms with Crippen LogP contribution in [0.5, 0.6) is 0 Å². The largest absolute Gasteiger partial charge is 0.344 e. The van der Waals surface area contributed by atoms with Gasteiger partial charge in [-0.15, -0.1) is 0 Å². The minimum absolute atomic E-state index is 0.294. The van der Waals surface area contributed by atoms with Crippen molar-refractivity contribution in [2.75, 3.05) is 0 Å². The second-order valence-electron chi connectivity index (χ2n) is 1.97. The monoisotopic (exact) mass is 141 g/mol. The minimum Gasteiger partial charge on any atom is -0.271 e. The predicted molar refractivity (Wildman–Crippen MR) is 34.8 cm³/mol. The van der Waals surface area contributed by atoms with Crippen LogP contribution in [0.2, 0.25) is 0 Å². The molecule has 0 atom stereocenters. The number of rotatable bonds is 0. The molecule has 0 aliphatic heterocycles. The second-order valence-corrected chi connectivity index (χ2v) is 1.97. The van der Waals surface area contributed by atoms with Gasteiger partial charge in [0.25, 0.3) is 5.56 Å². The molecule has 54 valence electrons. The maximum absolute atomic E-state index is 10.7. The number of H-pyrrole nitrogens is 1. The first kappa shape index (κ1) is 6.73. The van der Waals surface area contributed by atoms with E-state index in [1.807, 2.05) is 0 Å². The number of aromatic nitrogens is 3. The molecule has 1 aromatic rings. The Kier molecular flexibility index (Phi) is 1.41. The third-order valence-corrected chi connectivity index (χ3v) is 1.14. The molecule has 5 heteroatoms. The molecular weight excluding hydrogens is 134 g/mol. The maximum Gasteiger partial charge on any atom is 0.344 e. The fourth-order valence-corrected chi connectivity index (χ4v) is 0.584. The summed E-state index contributed by atoms with van der Waals surface area (Å²) >= 11 is 0. The van der Waals surface area contributed by atoms with Gasteiger partial charge < -0.3 is 0 Å². The number of nitrogens with one attached hydrogen (secondary N) is 1. The molecule has 1 aromatic heterocycles. The molecule has 0 aliphatic carbocycles. The maximum atomic E-state index is 10.7. The van der Waals surface area contributed by atoms with Gasteiger partial charge in [-0.2, -0.15) is 5.10 Å². The van der Waals surface area contributed by atoms with E-state index in [4.69, 9.17) is 0 Å². The summed E-state index contributed by atoms with van der Waals surface area (Å²) in [5.41, 5.74) is -0.624. The Labute approximate surface area is 56.3 Å². The van der Waals surface area contributed by atoms with Gasteiger partial charge in [0.15, 0.2) is 0 Å². The van der Waals surface area contributed by atoms with Crippen molar-refractivity contribution in [2.45, 2.75) is 6.92 Å². The average molecular weight is 141 g/mol. The highest BCUT2D eigenvalue weighted by Crippen LogP contribution is 1.69. The van der Waals surface area contributed by atoms with E-state index >= 15 is 0 Å². The SMILES string of the molecule is Cc1nn(C)c(=O)[nH]c1=O. The molecule has 0 spiro atoms.